The van der Waals surface area contributed by atoms with Gasteiger partial charge in [-0.3, -0.25) is 0 Å². The zero-order valence-corrected chi connectivity index (χ0v) is 34.0. The lowest BCUT2D eigenvalue weighted by molar-refractivity contribution is 1.24. The average Bonchev–Trinajstić information content (AvgIpc) is 3.78. The molecule has 0 unspecified atom stereocenters. The number of hydrogen-bond donors (Lipinski definition) is 0. The van der Waals surface area contributed by atoms with Crippen molar-refractivity contribution in [2.24, 2.45) is 0 Å². The Hall–Kier alpha value is -7.17. The first kappa shape index (κ1) is 32.7. The molecule has 0 fully saturated rings. The zero-order valence-electron chi connectivity index (χ0n) is 34.0. The summed E-state index contributed by atoms with van der Waals surface area (Å²) in [5, 5.41) is 2.62. The van der Waals surface area contributed by atoms with Gasteiger partial charge in [0.2, 0.25) is 0 Å². The van der Waals surface area contributed by atoms with E-state index in [1.54, 1.807) is 0 Å². The lowest BCUT2D eigenvalue weighted by Crippen LogP contribution is -2.56. The van der Waals surface area contributed by atoms with Gasteiger partial charge in [-0.1, -0.05) is 109 Å². The second-order valence-electron chi connectivity index (χ2n) is 17.6. The molecule has 0 spiro atoms. The minimum atomic E-state index is -0.0118. The third kappa shape index (κ3) is 3.95. The summed E-state index contributed by atoms with van der Waals surface area (Å²) in [6.07, 6.45) is 0. The van der Waals surface area contributed by atoms with Crippen LogP contribution in [-0.2, 0) is 0 Å². The highest BCUT2D eigenvalue weighted by Crippen LogP contribution is 2.50. The van der Waals surface area contributed by atoms with Gasteiger partial charge in [-0.25, -0.2) is 0 Å². The van der Waals surface area contributed by atoms with Crippen molar-refractivity contribution in [3.05, 3.63) is 180 Å². The van der Waals surface area contributed by atoms with Crippen LogP contribution >= 0.6 is 0 Å². The molecular formula is C54H38B2N4. The molecular weight excluding hydrogens is 726 g/mol. The number of aryl methyl sites for hydroxylation is 4. The fourth-order valence-electron chi connectivity index (χ4n) is 11.8. The van der Waals surface area contributed by atoms with Crippen molar-refractivity contribution in [1.29, 1.82) is 0 Å². The van der Waals surface area contributed by atoms with E-state index >= 15 is 0 Å². The second kappa shape index (κ2) is 11.3. The average molecular weight is 765 g/mol. The molecule has 0 atom stereocenters. The third-order valence-electron chi connectivity index (χ3n) is 14.0. The number of benzene rings is 8. The molecule has 0 radical (unpaired) electrons. The van der Waals surface area contributed by atoms with Crippen LogP contribution in [0, 0.1) is 27.7 Å². The standard InChI is InChI=1S/C54H38B2N4/c1-31-11-5-13-35(27-31)57-45-21-9-15-37-39-17-7-19-41-51(39)59(55(49(37)45)43-25-23-33(3)29-47(43)57)53-42-20-8-18-40-38-16-10-22-46-50(38)56(60(52(40)42)54(41)53)44-26-24-34(4)30-48(44)58(46)36-14-6-12-32(2)28-36/h5-30H,1-4H3. The van der Waals surface area contributed by atoms with Gasteiger partial charge in [0.15, 0.2) is 0 Å². The van der Waals surface area contributed by atoms with E-state index < -0.39 is 0 Å². The van der Waals surface area contributed by atoms with Crippen LogP contribution in [0.1, 0.15) is 22.3 Å². The lowest BCUT2D eigenvalue weighted by Gasteiger charge is -2.40. The molecule has 4 aliphatic heterocycles. The summed E-state index contributed by atoms with van der Waals surface area (Å²) >= 11 is 0. The molecule has 14 rings (SSSR count). The van der Waals surface area contributed by atoms with Crippen LogP contribution in [0.4, 0.5) is 34.1 Å². The monoisotopic (exact) mass is 764 g/mol. The summed E-state index contributed by atoms with van der Waals surface area (Å²) < 4.78 is 5.51. The first-order valence-electron chi connectivity index (χ1n) is 21.3. The van der Waals surface area contributed by atoms with E-state index in [1.165, 1.54) is 133 Å². The summed E-state index contributed by atoms with van der Waals surface area (Å²) in [6, 6.07) is 60.3. The highest BCUT2D eigenvalue weighted by Gasteiger charge is 2.47. The van der Waals surface area contributed by atoms with E-state index in [2.05, 4.69) is 204 Å². The molecule has 0 bridgehead atoms. The van der Waals surface area contributed by atoms with Crippen molar-refractivity contribution in [2.45, 2.75) is 27.7 Å². The summed E-state index contributed by atoms with van der Waals surface area (Å²) in [5.74, 6) is 0. The number of rotatable bonds is 2. The topological polar surface area (TPSA) is 16.3 Å². The minimum absolute atomic E-state index is 0.0118. The second-order valence-corrected chi connectivity index (χ2v) is 17.6. The third-order valence-corrected chi connectivity index (χ3v) is 14.0. The molecule has 0 amide bonds. The maximum Gasteiger partial charge on any atom is 0.333 e. The van der Waals surface area contributed by atoms with Crippen molar-refractivity contribution >= 4 is 103 Å². The highest BCUT2D eigenvalue weighted by atomic mass is 15.2. The lowest BCUT2D eigenvalue weighted by atomic mass is 9.45. The van der Waals surface area contributed by atoms with E-state index in [1.807, 2.05) is 0 Å². The Bertz CT molecular complexity index is 3360. The highest BCUT2D eigenvalue weighted by molar-refractivity contribution is 6.92. The predicted molar refractivity (Wildman–Crippen MR) is 255 cm³/mol. The fraction of sp³-hybridized carbons (Fsp3) is 0.0741. The molecule has 0 saturated heterocycles. The first-order chi connectivity index (χ1) is 29.4. The van der Waals surface area contributed by atoms with Gasteiger partial charge in [0.05, 0.1) is 11.0 Å². The van der Waals surface area contributed by atoms with E-state index in [4.69, 9.17) is 0 Å². The maximum absolute atomic E-state index is 2.75. The summed E-state index contributed by atoms with van der Waals surface area (Å²) in [6.45, 7) is 8.82. The van der Waals surface area contributed by atoms with Gasteiger partial charge < -0.3 is 18.8 Å². The predicted octanol–water partition coefficient (Wildman–Crippen LogP) is 10.8. The zero-order chi connectivity index (χ0) is 39.7. The van der Waals surface area contributed by atoms with Crippen LogP contribution < -0.4 is 31.7 Å². The summed E-state index contributed by atoms with van der Waals surface area (Å²) in [5.41, 5.74) is 28.4. The van der Waals surface area contributed by atoms with E-state index in [-0.39, 0.29) is 13.7 Å². The number of nitrogens with zero attached hydrogens (tertiary/aromatic N) is 4. The largest absolute Gasteiger partial charge is 0.374 e. The number of para-hydroxylation sites is 2. The molecule has 0 saturated carbocycles. The number of fused-ring (bicyclic) bond motifs is 13. The van der Waals surface area contributed by atoms with Crippen molar-refractivity contribution in [1.82, 2.24) is 8.96 Å². The van der Waals surface area contributed by atoms with Crippen molar-refractivity contribution in [2.75, 3.05) is 9.80 Å². The van der Waals surface area contributed by atoms with Crippen molar-refractivity contribution in [3.63, 3.8) is 0 Å². The van der Waals surface area contributed by atoms with E-state index in [9.17, 15) is 0 Å². The molecule has 2 aromatic heterocycles. The molecule has 6 heterocycles. The smallest absolute Gasteiger partial charge is 0.333 e. The Morgan fingerprint density at radius 2 is 0.733 bits per heavy atom. The Morgan fingerprint density at radius 3 is 1.18 bits per heavy atom. The van der Waals surface area contributed by atoms with Gasteiger partial charge in [-0.05, 0) is 131 Å². The van der Waals surface area contributed by atoms with Crippen molar-refractivity contribution < 1.29 is 0 Å². The molecule has 4 nitrogen and oxygen atoms in total. The Labute approximate surface area is 349 Å². The van der Waals surface area contributed by atoms with Gasteiger partial charge in [0.25, 0.3) is 0 Å². The van der Waals surface area contributed by atoms with Crippen LogP contribution in [0.2, 0.25) is 0 Å². The van der Waals surface area contributed by atoms with Gasteiger partial charge in [0.1, 0.15) is 0 Å². The quantitative estimate of drug-likeness (QED) is 0.163. The van der Waals surface area contributed by atoms with E-state index in [0.29, 0.717) is 0 Å². The van der Waals surface area contributed by atoms with Gasteiger partial charge in [-0.2, -0.15) is 0 Å². The molecule has 8 aromatic carbocycles. The van der Waals surface area contributed by atoms with Crippen LogP contribution in [0.5, 0.6) is 0 Å². The van der Waals surface area contributed by atoms with E-state index in [0.717, 1.165) is 0 Å². The minimum Gasteiger partial charge on any atom is -0.374 e. The summed E-state index contributed by atoms with van der Waals surface area (Å²) in [4.78, 5) is 5.04. The Morgan fingerprint density at radius 1 is 0.333 bits per heavy atom. The molecule has 60 heavy (non-hydrogen) atoms. The Balaban J connectivity index is 1.13. The SMILES string of the molecule is Cc1cccc(N2c3cc(C)ccc3B3c4c(cccc42)-c2cccc4c2n3c2c3cccc5c3n(c42)B2c3ccc(C)cc3N(c3cccc(C)c3)c3cccc-5c32)c1. The molecule has 4 aliphatic rings. The first-order valence-corrected chi connectivity index (χ1v) is 21.3. The molecule has 6 heteroatoms. The normalized spacial score (nSPS) is 13.9. The van der Waals surface area contributed by atoms with Gasteiger partial charge >= 0.3 is 13.7 Å². The van der Waals surface area contributed by atoms with Crippen LogP contribution in [0.3, 0.4) is 0 Å². The number of anilines is 6. The fourth-order valence-corrected chi connectivity index (χ4v) is 11.8. The Kier molecular flexibility index (Phi) is 6.17. The molecule has 0 aliphatic carbocycles. The van der Waals surface area contributed by atoms with Gasteiger partial charge in [-0.15, -0.1) is 0 Å². The van der Waals surface area contributed by atoms with Crippen molar-refractivity contribution in [3.8, 4) is 22.3 Å². The number of aromatic nitrogens is 2. The molecule has 10 aromatic rings. The molecule has 280 valence electrons. The summed E-state index contributed by atoms with van der Waals surface area (Å²) in [7, 11) is 0. The van der Waals surface area contributed by atoms with Crippen LogP contribution in [0.25, 0.3) is 55.1 Å². The van der Waals surface area contributed by atoms with Gasteiger partial charge in [0, 0.05) is 67.1 Å². The van der Waals surface area contributed by atoms with Crippen LogP contribution in [-0.4, -0.2) is 22.7 Å². The van der Waals surface area contributed by atoms with Crippen LogP contribution in [0.15, 0.2) is 158 Å². The molecule has 0 N–H and O–H groups in total. The maximum atomic E-state index is 2.75. The number of hydrogen-bond acceptors (Lipinski definition) is 2.